The van der Waals surface area contributed by atoms with Crippen LogP contribution in [0.2, 0.25) is 5.02 Å². The SMILES string of the molecule is CS(=O)(=O)c1ccc(Cl)c(NC(=O)c2cc(Br)sc2Br)c1. The molecule has 0 atom stereocenters. The zero-order valence-electron chi connectivity index (χ0n) is 10.5. The summed E-state index contributed by atoms with van der Waals surface area (Å²) in [5.74, 6) is -0.378. The van der Waals surface area contributed by atoms with Crippen LogP contribution in [0.3, 0.4) is 0 Å². The van der Waals surface area contributed by atoms with Crippen molar-refractivity contribution in [2.75, 3.05) is 11.6 Å². The fourth-order valence-electron chi connectivity index (χ4n) is 1.52. The molecule has 2 aromatic rings. The van der Waals surface area contributed by atoms with E-state index in [0.717, 1.165) is 10.0 Å². The van der Waals surface area contributed by atoms with Crippen LogP contribution in [0.1, 0.15) is 10.4 Å². The molecule has 2 rings (SSSR count). The van der Waals surface area contributed by atoms with E-state index in [4.69, 9.17) is 11.6 Å². The Labute approximate surface area is 147 Å². The molecular weight excluding hydrogens is 466 g/mol. The molecule has 0 saturated heterocycles. The van der Waals surface area contributed by atoms with E-state index in [2.05, 4.69) is 37.2 Å². The predicted octanol–water partition coefficient (Wildman–Crippen LogP) is 4.58. The molecule has 112 valence electrons. The topological polar surface area (TPSA) is 63.2 Å². The van der Waals surface area contributed by atoms with E-state index in [1.807, 2.05) is 0 Å². The minimum atomic E-state index is -3.37. The number of halogens is 3. The summed E-state index contributed by atoms with van der Waals surface area (Å²) in [7, 11) is -3.37. The highest BCUT2D eigenvalue weighted by atomic mass is 79.9. The molecule has 1 aromatic carbocycles. The van der Waals surface area contributed by atoms with Gasteiger partial charge in [-0.2, -0.15) is 0 Å². The van der Waals surface area contributed by atoms with Crippen molar-refractivity contribution in [2.45, 2.75) is 4.90 Å². The van der Waals surface area contributed by atoms with Gasteiger partial charge in [0.2, 0.25) is 0 Å². The van der Waals surface area contributed by atoms with Crippen LogP contribution in [0.5, 0.6) is 0 Å². The second kappa shape index (κ2) is 6.37. The Hall–Kier alpha value is -0.410. The normalized spacial score (nSPS) is 11.4. The van der Waals surface area contributed by atoms with Crippen molar-refractivity contribution in [2.24, 2.45) is 0 Å². The molecule has 9 heteroatoms. The number of nitrogens with one attached hydrogen (secondary N) is 1. The first-order chi connectivity index (χ1) is 9.68. The Morgan fingerprint density at radius 2 is 1.95 bits per heavy atom. The molecule has 1 amide bonds. The van der Waals surface area contributed by atoms with Gasteiger partial charge in [0.1, 0.15) is 0 Å². The molecule has 1 heterocycles. The van der Waals surface area contributed by atoms with Gasteiger partial charge in [-0.25, -0.2) is 8.42 Å². The molecule has 0 radical (unpaired) electrons. The van der Waals surface area contributed by atoms with Crippen LogP contribution >= 0.6 is 54.8 Å². The second-order valence-electron chi connectivity index (χ2n) is 4.11. The number of rotatable bonds is 3. The van der Waals surface area contributed by atoms with Crippen molar-refractivity contribution in [1.29, 1.82) is 0 Å². The summed E-state index contributed by atoms with van der Waals surface area (Å²) in [5, 5.41) is 2.88. The fraction of sp³-hybridized carbons (Fsp3) is 0.0833. The summed E-state index contributed by atoms with van der Waals surface area (Å²) in [6.45, 7) is 0. The van der Waals surface area contributed by atoms with E-state index in [1.165, 1.54) is 29.5 Å². The maximum absolute atomic E-state index is 12.2. The van der Waals surface area contributed by atoms with Crippen LogP contribution in [0.25, 0.3) is 0 Å². The molecule has 0 saturated carbocycles. The lowest BCUT2D eigenvalue weighted by atomic mass is 10.3. The van der Waals surface area contributed by atoms with Gasteiger partial charge in [-0.3, -0.25) is 4.79 Å². The first kappa shape index (κ1) is 17.0. The quantitative estimate of drug-likeness (QED) is 0.710. The summed E-state index contributed by atoms with van der Waals surface area (Å²) in [5.41, 5.74) is 0.687. The highest BCUT2D eigenvalue weighted by Crippen LogP contribution is 2.33. The van der Waals surface area contributed by atoms with Crippen molar-refractivity contribution in [3.8, 4) is 0 Å². The van der Waals surface area contributed by atoms with Crippen LogP contribution < -0.4 is 5.32 Å². The lowest BCUT2D eigenvalue weighted by Crippen LogP contribution is -2.12. The van der Waals surface area contributed by atoms with Gasteiger partial charge < -0.3 is 5.32 Å². The molecule has 1 N–H and O–H groups in total. The molecule has 1 aromatic heterocycles. The lowest BCUT2D eigenvalue weighted by molar-refractivity contribution is 0.102. The average Bonchev–Trinajstić information content (AvgIpc) is 2.70. The van der Waals surface area contributed by atoms with E-state index in [0.29, 0.717) is 9.35 Å². The van der Waals surface area contributed by atoms with E-state index in [-0.39, 0.29) is 21.5 Å². The van der Waals surface area contributed by atoms with Crippen LogP contribution in [0.4, 0.5) is 5.69 Å². The van der Waals surface area contributed by atoms with Crippen molar-refractivity contribution in [3.05, 3.63) is 42.4 Å². The number of amides is 1. The zero-order chi connectivity index (χ0) is 15.8. The highest BCUT2D eigenvalue weighted by molar-refractivity contribution is 9.12. The van der Waals surface area contributed by atoms with Gasteiger partial charge in [-0.05, 0) is 56.1 Å². The Kier molecular flexibility index (Phi) is 5.15. The average molecular weight is 474 g/mol. The highest BCUT2D eigenvalue weighted by Gasteiger charge is 2.16. The monoisotopic (exact) mass is 471 g/mol. The molecule has 0 aliphatic heterocycles. The van der Waals surface area contributed by atoms with E-state index < -0.39 is 9.84 Å². The van der Waals surface area contributed by atoms with Crippen molar-refractivity contribution >= 4 is 76.2 Å². The molecule has 0 fully saturated rings. The second-order valence-corrected chi connectivity index (χ2v) is 10.3. The van der Waals surface area contributed by atoms with Crippen LogP contribution in [-0.2, 0) is 9.84 Å². The lowest BCUT2D eigenvalue weighted by Gasteiger charge is -2.08. The number of carbonyl (C=O) groups is 1. The number of carbonyl (C=O) groups excluding carboxylic acids is 1. The first-order valence-electron chi connectivity index (χ1n) is 5.44. The van der Waals surface area contributed by atoms with Gasteiger partial charge >= 0.3 is 0 Å². The number of hydrogen-bond donors (Lipinski definition) is 1. The van der Waals surface area contributed by atoms with Crippen LogP contribution in [0.15, 0.2) is 36.7 Å². The smallest absolute Gasteiger partial charge is 0.257 e. The third kappa shape index (κ3) is 4.07. The number of anilines is 1. The van der Waals surface area contributed by atoms with Crippen LogP contribution in [0, 0.1) is 0 Å². The Bertz CT molecular complexity index is 818. The van der Waals surface area contributed by atoms with Crippen molar-refractivity contribution in [3.63, 3.8) is 0 Å². The molecule has 0 aliphatic rings. The minimum absolute atomic E-state index is 0.0905. The molecule has 0 unspecified atom stereocenters. The van der Waals surface area contributed by atoms with Gasteiger partial charge in [-0.1, -0.05) is 11.6 Å². The van der Waals surface area contributed by atoms with Crippen LogP contribution in [-0.4, -0.2) is 20.6 Å². The third-order valence-electron chi connectivity index (χ3n) is 2.52. The van der Waals surface area contributed by atoms with Gasteiger partial charge in [-0.15, -0.1) is 11.3 Å². The van der Waals surface area contributed by atoms with Gasteiger partial charge in [0.25, 0.3) is 5.91 Å². The van der Waals surface area contributed by atoms with Gasteiger partial charge in [0, 0.05) is 6.26 Å². The van der Waals surface area contributed by atoms with E-state index >= 15 is 0 Å². The number of benzene rings is 1. The van der Waals surface area contributed by atoms with Gasteiger partial charge in [0.15, 0.2) is 9.84 Å². The largest absolute Gasteiger partial charge is 0.321 e. The Morgan fingerprint density at radius 1 is 1.29 bits per heavy atom. The predicted molar refractivity (Wildman–Crippen MR) is 92.2 cm³/mol. The standard InChI is InChI=1S/C12H8Br2ClNO3S2/c1-21(18,19)6-2-3-8(15)9(4-6)16-12(17)7-5-10(13)20-11(7)14/h2-5H,1H3,(H,16,17). The zero-order valence-corrected chi connectivity index (χ0v) is 16.0. The molecule has 0 spiro atoms. The summed E-state index contributed by atoms with van der Waals surface area (Å²) >= 11 is 13.9. The Balaban J connectivity index is 2.35. The molecule has 21 heavy (non-hydrogen) atoms. The first-order valence-corrected chi connectivity index (χ1v) is 10.1. The number of sulfone groups is 1. The van der Waals surface area contributed by atoms with Crippen molar-refractivity contribution < 1.29 is 13.2 Å². The summed E-state index contributed by atoms with van der Waals surface area (Å²) in [6, 6.07) is 5.83. The summed E-state index contributed by atoms with van der Waals surface area (Å²) in [6.07, 6.45) is 1.09. The molecule has 4 nitrogen and oxygen atoms in total. The van der Waals surface area contributed by atoms with E-state index in [1.54, 1.807) is 6.07 Å². The molecule has 0 aliphatic carbocycles. The third-order valence-corrected chi connectivity index (χ3v) is 6.29. The van der Waals surface area contributed by atoms with Crippen molar-refractivity contribution in [1.82, 2.24) is 0 Å². The molecular formula is C12H8Br2ClNO3S2. The molecule has 0 bridgehead atoms. The minimum Gasteiger partial charge on any atom is -0.321 e. The number of hydrogen-bond acceptors (Lipinski definition) is 4. The Morgan fingerprint density at radius 3 is 2.48 bits per heavy atom. The summed E-state index contributed by atoms with van der Waals surface area (Å²) in [4.78, 5) is 12.3. The van der Waals surface area contributed by atoms with Gasteiger partial charge in [0.05, 0.1) is 28.7 Å². The number of thiophene rings is 1. The van der Waals surface area contributed by atoms with E-state index in [9.17, 15) is 13.2 Å². The maximum Gasteiger partial charge on any atom is 0.257 e. The summed E-state index contributed by atoms with van der Waals surface area (Å²) < 4.78 is 24.6. The fourth-order valence-corrected chi connectivity index (χ4v) is 5.12. The maximum atomic E-state index is 12.2.